The number of anilines is 2. The highest BCUT2D eigenvalue weighted by atomic mass is 15.2. The van der Waals surface area contributed by atoms with Crippen LogP contribution in [0.15, 0.2) is 12.3 Å². The molecule has 0 spiro atoms. The summed E-state index contributed by atoms with van der Waals surface area (Å²) in [5.41, 5.74) is 0. The van der Waals surface area contributed by atoms with Crippen LogP contribution in [0.2, 0.25) is 0 Å². The van der Waals surface area contributed by atoms with Gasteiger partial charge in [-0.1, -0.05) is 0 Å². The van der Waals surface area contributed by atoms with Gasteiger partial charge in [0.1, 0.15) is 5.82 Å². The van der Waals surface area contributed by atoms with Crippen LogP contribution in [0.3, 0.4) is 0 Å². The standard InChI is InChI=1S/C10H19N5/c1-14(2)8-7-12-10-11-6-5-9(13-10)15(3)4/h5-6H,7-8H2,1-4H3,(H,11,12,13). The third-order valence-corrected chi connectivity index (χ3v) is 1.94. The molecule has 0 unspecified atom stereocenters. The number of nitrogens with one attached hydrogen (secondary N) is 1. The van der Waals surface area contributed by atoms with E-state index in [0.29, 0.717) is 5.95 Å². The fraction of sp³-hybridized carbons (Fsp3) is 0.600. The first-order valence-electron chi connectivity index (χ1n) is 4.98. The van der Waals surface area contributed by atoms with Crippen molar-refractivity contribution in [3.05, 3.63) is 12.3 Å². The lowest BCUT2D eigenvalue weighted by atomic mass is 10.5. The molecular formula is C10H19N5. The Morgan fingerprint density at radius 2 is 2.00 bits per heavy atom. The van der Waals surface area contributed by atoms with Crippen LogP contribution in [0.1, 0.15) is 0 Å². The molecule has 1 aromatic rings. The summed E-state index contributed by atoms with van der Waals surface area (Å²) in [6.45, 7) is 1.82. The van der Waals surface area contributed by atoms with E-state index in [1.807, 2.05) is 39.2 Å². The molecular weight excluding hydrogens is 190 g/mol. The van der Waals surface area contributed by atoms with E-state index in [0.717, 1.165) is 18.9 Å². The molecule has 0 atom stereocenters. The van der Waals surface area contributed by atoms with Crippen LogP contribution in [0.5, 0.6) is 0 Å². The van der Waals surface area contributed by atoms with Crippen molar-refractivity contribution in [2.45, 2.75) is 0 Å². The first kappa shape index (κ1) is 11.7. The van der Waals surface area contributed by atoms with Gasteiger partial charge in [0.2, 0.25) is 5.95 Å². The van der Waals surface area contributed by atoms with Crippen LogP contribution in [0.4, 0.5) is 11.8 Å². The molecule has 84 valence electrons. The minimum absolute atomic E-state index is 0.683. The number of nitrogens with zero attached hydrogens (tertiary/aromatic N) is 4. The second-order valence-electron chi connectivity index (χ2n) is 3.86. The number of likely N-dealkylation sites (N-methyl/N-ethyl adjacent to an activating group) is 1. The average Bonchev–Trinajstić information content (AvgIpc) is 2.17. The van der Waals surface area contributed by atoms with Crippen molar-refractivity contribution < 1.29 is 0 Å². The Hall–Kier alpha value is -1.36. The van der Waals surface area contributed by atoms with Crippen molar-refractivity contribution in [1.82, 2.24) is 14.9 Å². The van der Waals surface area contributed by atoms with Gasteiger partial charge in [0.05, 0.1) is 0 Å². The van der Waals surface area contributed by atoms with Gasteiger partial charge in [-0.05, 0) is 20.2 Å². The van der Waals surface area contributed by atoms with Gasteiger partial charge >= 0.3 is 0 Å². The summed E-state index contributed by atoms with van der Waals surface area (Å²) in [6, 6.07) is 1.89. The molecule has 5 nitrogen and oxygen atoms in total. The van der Waals surface area contributed by atoms with E-state index in [9.17, 15) is 0 Å². The predicted octanol–water partition coefficient (Wildman–Crippen LogP) is 0.516. The Bertz CT molecular complexity index is 298. The molecule has 0 bridgehead atoms. The monoisotopic (exact) mass is 209 g/mol. The fourth-order valence-corrected chi connectivity index (χ4v) is 1.07. The van der Waals surface area contributed by atoms with Gasteiger partial charge in [0.15, 0.2) is 0 Å². The fourth-order valence-electron chi connectivity index (χ4n) is 1.07. The van der Waals surface area contributed by atoms with E-state index in [-0.39, 0.29) is 0 Å². The molecule has 0 aliphatic carbocycles. The van der Waals surface area contributed by atoms with Crippen LogP contribution < -0.4 is 10.2 Å². The molecule has 1 N–H and O–H groups in total. The van der Waals surface area contributed by atoms with Crippen LogP contribution in [0.25, 0.3) is 0 Å². The van der Waals surface area contributed by atoms with Crippen LogP contribution >= 0.6 is 0 Å². The summed E-state index contributed by atoms with van der Waals surface area (Å²) in [7, 11) is 8.01. The second-order valence-corrected chi connectivity index (χ2v) is 3.86. The van der Waals surface area contributed by atoms with Crippen LogP contribution in [0, 0.1) is 0 Å². The minimum Gasteiger partial charge on any atom is -0.363 e. The lowest BCUT2D eigenvalue weighted by molar-refractivity contribution is 0.425. The Kier molecular flexibility index (Phi) is 4.30. The maximum atomic E-state index is 4.35. The molecule has 5 heteroatoms. The average molecular weight is 209 g/mol. The summed E-state index contributed by atoms with van der Waals surface area (Å²) >= 11 is 0. The third kappa shape index (κ3) is 4.12. The zero-order valence-electron chi connectivity index (χ0n) is 9.86. The lowest BCUT2D eigenvalue weighted by Gasteiger charge is -2.13. The van der Waals surface area contributed by atoms with E-state index in [1.54, 1.807) is 6.20 Å². The van der Waals surface area contributed by atoms with E-state index < -0.39 is 0 Å². The SMILES string of the molecule is CN(C)CCNc1nccc(N(C)C)n1. The normalized spacial score (nSPS) is 10.5. The smallest absolute Gasteiger partial charge is 0.224 e. The van der Waals surface area contributed by atoms with Crippen LogP contribution in [-0.2, 0) is 0 Å². The highest BCUT2D eigenvalue weighted by Gasteiger charge is 1.99. The van der Waals surface area contributed by atoms with Crippen molar-refractivity contribution in [2.24, 2.45) is 0 Å². The van der Waals surface area contributed by atoms with Crippen LogP contribution in [-0.4, -0.2) is 56.1 Å². The maximum Gasteiger partial charge on any atom is 0.224 e. The zero-order valence-corrected chi connectivity index (χ0v) is 9.86. The summed E-state index contributed by atoms with van der Waals surface area (Å²) in [4.78, 5) is 12.6. The summed E-state index contributed by atoms with van der Waals surface area (Å²) in [5, 5.41) is 3.18. The van der Waals surface area contributed by atoms with Crippen molar-refractivity contribution in [3.63, 3.8) is 0 Å². The van der Waals surface area contributed by atoms with Gasteiger partial charge in [-0.25, -0.2) is 4.98 Å². The van der Waals surface area contributed by atoms with E-state index in [2.05, 4.69) is 20.2 Å². The highest BCUT2D eigenvalue weighted by molar-refractivity contribution is 5.40. The first-order chi connectivity index (χ1) is 7.09. The van der Waals surface area contributed by atoms with E-state index in [4.69, 9.17) is 0 Å². The Labute approximate surface area is 91.1 Å². The summed E-state index contributed by atoms with van der Waals surface area (Å²) in [5.74, 6) is 1.60. The van der Waals surface area contributed by atoms with Gasteiger partial charge in [0.25, 0.3) is 0 Å². The Morgan fingerprint density at radius 1 is 1.27 bits per heavy atom. The molecule has 0 aliphatic heterocycles. The number of hydrogen-bond acceptors (Lipinski definition) is 5. The van der Waals surface area contributed by atoms with Gasteiger partial charge in [-0.3, -0.25) is 0 Å². The van der Waals surface area contributed by atoms with E-state index >= 15 is 0 Å². The predicted molar refractivity (Wildman–Crippen MR) is 63.4 cm³/mol. The Morgan fingerprint density at radius 3 is 2.60 bits per heavy atom. The lowest BCUT2D eigenvalue weighted by Crippen LogP contribution is -2.22. The molecule has 1 rings (SSSR count). The molecule has 0 fully saturated rings. The highest BCUT2D eigenvalue weighted by Crippen LogP contribution is 2.07. The molecule has 1 aromatic heterocycles. The van der Waals surface area contributed by atoms with Gasteiger partial charge in [0, 0.05) is 33.4 Å². The zero-order chi connectivity index (χ0) is 11.3. The Balaban J connectivity index is 2.50. The van der Waals surface area contributed by atoms with E-state index in [1.165, 1.54) is 0 Å². The van der Waals surface area contributed by atoms with Crippen molar-refractivity contribution >= 4 is 11.8 Å². The quantitative estimate of drug-likeness (QED) is 0.765. The summed E-state index contributed by atoms with van der Waals surface area (Å²) in [6.07, 6.45) is 1.76. The molecule has 0 aromatic carbocycles. The number of rotatable bonds is 5. The van der Waals surface area contributed by atoms with Gasteiger partial charge in [-0.15, -0.1) is 0 Å². The van der Waals surface area contributed by atoms with Crippen molar-refractivity contribution in [1.29, 1.82) is 0 Å². The molecule has 15 heavy (non-hydrogen) atoms. The molecule has 0 radical (unpaired) electrons. The van der Waals surface area contributed by atoms with Gasteiger partial charge < -0.3 is 15.1 Å². The third-order valence-electron chi connectivity index (χ3n) is 1.94. The minimum atomic E-state index is 0.683. The molecule has 0 aliphatic rings. The first-order valence-corrected chi connectivity index (χ1v) is 4.98. The maximum absolute atomic E-state index is 4.35. The molecule has 0 saturated carbocycles. The molecule has 0 amide bonds. The largest absolute Gasteiger partial charge is 0.363 e. The van der Waals surface area contributed by atoms with Crippen molar-refractivity contribution in [3.8, 4) is 0 Å². The van der Waals surface area contributed by atoms with Crippen molar-refractivity contribution in [2.75, 3.05) is 51.5 Å². The number of hydrogen-bond donors (Lipinski definition) is 1. The second kappa shape index (κ2) is 5.50. The summed E-state index contributed by atoms with van der Waals surface area (Å²) < 4.78 is 0. The molecule has 0 saturated heterocycles. The van der Waals surface area contributed by atoms with Gasteiger partial charge in [-0.2, -0.15) is 4.98 Å². The topological polar surface area (TPSA) is 44.3 Å². The molecule has 1 heterocycles. The number of aromatic nitrogens is 2.